The van der Waals surface area contributed by atoms with Gasteiger partial charge < -0.3 is 21.7 Å². The molecule has 0 saturated heterocycles. The smallest absolute Gasteiger partial charge is 0.174 e. The Balaban J connectivity index is 1.87. The maximum Gasteiger partial charge on any atom is 0.174 e. The molecule has 0 unspecified atom stereocenters. The number of nitrogens with two attached hydrogens (primary N) is 3. The van der Waals surface area contributed by atoms with Crippen LogP contribution in [0, 0.1) is 0 Å². The van der Waals surface area contributed by atoms with Gasteiger partial charge in [0.25, 0.3) is 0 Å². The van der Waals surface area contributed by atoms with E-state index in [1.165, 1.54) is 6.33 Å². The highest BCUT2D eigenvalue weighted by atomic mass is 16.5. The zero-order chi connectivity index (χ0) is 17.4. The third-order valence-corrected chi connectivity index (χ3v) is 4.16. The monoisotopic (exact) mass is 338 g/mol. The minimum atomic E-state index is 0.363. The largest absolute Gasteiger partial charge is 0.383 e. The van der Waals surface area contributed by atoms with Gasteiger partial charge >= 0.3 is 0 Å². The summed E-state index contributed by atoms with van der Waals surface area (Å²) in [6, 6.07) is 5.61. The van der Waals surface area contributed by atoms with E-state index in [-0.39, 0.29) is 0 Å². The molecule has 0 aliphatic carbocycles. The first-order valence-electron chi connectivity index (χ1n) is 8.01. The first-order chi connectivity index (χ1) is 12.2. The number of aryl methyl sites for hydroxylation is 1. The fourth-order valence-electron chi connectivity index (χ4n) is 2.90. The predicted molar refractivity (Wildman–Crippen MR) is 95.4 cm³/mol. The Hall–Kier alpha value is -3.20. The molecule has 0 aliphatic heterocycles. The summed E-state index contributed by atoms with van der Waals surface area (Å²) in [5, 5.41) is 9.98. The van der Waals surface area contributed by atoms with Crippen LogP contribution in [-0.2, 0) is 6.54 Å². The van der Waals surface area contributed by atoms with Crippen LogP contribution >= 0.6 is 0 Å². The SMILES string of the molecule is NCCCCn1nc(-c2ccc3c(N)noc3c2)c2c(N)ncnc21. The van der Waals surface area contributed by atoms with Crippen LogP contribution in [0.15, 0.2) is 29.0 Å². The molecule has 25 heavy (non-hydrogen) atoms. The van der Waals surface area contributed by atoms with E-state index in [1.807, 2.05) is 22.9 Å². The molecule has 6 N–H and O–H groups in total. The number of nitrogens with zero attached hydrogens (tertiary/aromatic N) is 5. The summed E-state index contributed by atoms with van der Waals surface area (Å²) < 4.78 is 7.10. The van der Waals surface area contributed by atoms with Crippen molar-refractivity contribution >= 4 is 33.6 Å². The number of hydrogen-bond acceptors (Lipinski definition) is 8. The number of benzene rings is 1. The van der Waals surface area contributed by atoms with E-state index in [2.05, 4.69) is 15.1 Å². The summed E-state index contributed by atoms with van der Waals surface area (Å²) in [6.45, 7) is 1.36. The maximum atomic E-state index is 6.10. The molecule has 4 rings (SSSR count). The van der Waals surface area contributed by atoms with E-state index >= 15 is 0 Å². The average Bonchev–Trinajstić information content (AvgIpc) is 3.17. The molecule has 9 heteroatoms. The number of aromatic nitrogens is 5. The highest BCUT2D eigenvalue weighted by Crippen LogP contribution is 2.33. The van der Waals surface area contributed by atoms with Crippen molar-refractivity contribution in [3.05, 3.63) is 24.5 Å². The Morgan fingerprint density at radius 3 is 2.80 bits per heavy atom. The van der Waals surface area contributed by atoms with Crippen LogP contribution in [0.2, 0.25) is 0 Å². The summed E-state index contributed by atoms with van der Waals surface area (Å²) in [7, 11) is 0. The minimum Gasteiger partial charge on any atom is -0.383 e. The molecule has 3 aromatic heterocycles. The van der Waals surface area contributed by atoms with Gasteiger partial charge in [-0.25, -0.2) is 14.6 Å². The molecule has 4 aromatic rings. The molecular weight excluding hydrogens is 320 g/mol. The van der Waals surface area contributed by atoms with Gasteiger partial charge in [-0.2, -0.15) is 5.10 Å². The Morgan fingerprint density at radius 1 is 1.08 bits per heavy atom. The van der Waals surface area contributed by atoms with Crippen molar-refractivity contribution in [2.24, 2.45) is 5.73 Å². The lowest BCUT2D eigenvalue weighted by atomic mass is 10.1. The average molecular weight is 338 g/mol. The number of anilines is 2. The van der Waals surface area contributed by atoms with E-state index in [4.69, 9.17) is 26.8 Å². The lowest BCUT2D eigenvalue weighted by Crippen LogP contribution is -2.05. The molecule has 3 heterocycles. The quantitative estimate of drug-likeness (QED) is 0.464. The first-order valence-corrected chi connectivity index (χ1v) is 8.01. The molecule has 1 aromatic carbocycles. The van der Waals surface area contributed by atoms with Crippen LogP contribution in [-0.4, -0.2) is 31.4 Å². The highest BCUT2D eigenvalue weighted by molar-refractivity contribution is 6.00. The second-order valence-electron chi connectivity index (χ2n) is 5.80. The molecular formula is C16H18N8O. The van der Waals surface area contributed by atoms with Crippen LogP contribution in [0.25, 0.3) is 33.3 Å². The number of fused-ring (bicyclic) bond motifs is 2. The van der Waals surface area contributed by atoms with Crippen LogP contribution < -0.4 is 17.2 Å². The second-order valence-corrected chi connectivity index (χ2v) is 5.80. The van der Waals surface area contributed by atoms with Gasteiger partial charge in [-0.1, -0.05) is 11.2 Å². The van der Waals surface area contributed by atoms with Crippen LogP contribution in [0.5, 0.6) is 0 Å². The van der Waals surface area contributed by atoms with E-state index in [9.17, 15) is 0 Å². The lowest BCUT2D eigenvalue weighted by molar-refractivity contribution is 0.460. The third-order valence-electron chi connectivity index (χ3n) is 4.16. The molecule has 0 fully saturated rings. The standard InChI is InChI=1S/C16H18N8O/c17-5-1-2-6-24-16-12(15(19)20-8-21-16)13(22-24)9-3-4-10-11(7-9)25-23-14(10)18/h3-4,7-8H,1-2,5-6,17H2,(H2,18,23)(H2,19,20,21). The summed E-state index contributed by atoms with van der Waals surface area (Å²) in [5.41, 5.74) is 20.3. The molecule has 0 amide bonds. The Bertz CT molecular complexity index is 1050. The summed E-state index contributed by atoms with van der Waals surface area (Å²) in [4.78, 5) is 8.46. The lowest BCUT2D eigenvalue weighted by Gasteiger charge is -2.01. The molecule has 0 atom stereocenters. The van der Waals surface area contributed by atoms with Gasteiger partial charge in [0.15, 0.2) is 17.0 Å². The molecule has 0 bridgehead atoms. The molecule has 0 radical (unpaired) electrons. The van der Waals surface area contributed by atoms with Gasteiger partial charge in [0.2, 0.25) is 0 Å². The van der Waals surface area contributed by atoms with Gasteiger partial charge in [-0.15, -0.1) is 0 Å². The van der Waals surface area contributed by atoms with E-state index in [1.54, 1.807) is 0 Å². The fraction of sp³-hybridized carbons (Fsp3) is 0.250. The van der Waals surface area contributed by atoms with Gasteiger partial charge in [-0.3, -0.25) is 0 Å². The molecule has 0 saturated carbocycles. The van der Waals surface area contributed by atoms with Crippen molar-refractivity contribution in [2.75, 3.05) is 18.0 Å². The highest BCUT2D eigenvalue weighted by Gasteiger charge is 2.18. The topological polar surface area (TPSA) is 148 Å². The zero-order valence-electron chi connectivity index (χ0n) is 13.5. The van der Waals surface area contributed by atoms with E-state index < -0.39 is 0 Å². The normalized spacial score (nSPS) is 11.6. The van der Waals surface area contributed by atoms with E-state index in [0.29, 0.717) is 41.6 Å². The third kappa shape index (κ3) is 2.54. The first kappa shape index (κ1) is 15.3. The van der Waals surface area contributed by atoms with Crippen LogP contribution in [0.1, 0.15) is 12.8 Å². The second kappa shape index (κ2) is 6.02. The van der Waals surface area contributed by atoms with Crippen molar-refractivity contribution in [3.8, 4) is 11.3 Å². The predicted octanol–water partition coefficient (Wildman–Crippen LogP) is 1.54. The Kier molecular flexibility index (Phi) is 3.69. The molecule has 0 aliphatic rings. The summed E-state index contributed by atoms with van der Waals surface area (Å²) in [5.74, 6) is 0.754. The van der Waals surface area contributed by atoms with Crippen molar-refractivity contribution in [2.45, 2.75) is 19.4 Å². The number of unbranched alkanes of at least 4 members (excludes halogenated alkanes) is 1. The molecule has 128 valence electrons. The van der Waals surface area contributed by atoms with Crippen molar-refractivity contribution < 1.29 is 4.52 Å². The number of rotatable bonds is 5. The van der Waals surface area contributed by atoms with Gasteiger partial charge in [0.1, 0.15) is 17.8 Å². The van der Waals surface area contributed by atoms with Crippen LogP contribution in [0.3, 0.4) is 0 Å². The molecule has 0 spiro atoms. The Morgan fingerprint density at radius 2 is 1.96 bits per heavy atom. The van der Waals surface area contributed by atoms with Crippen molar-refractivity contribution in [3.63, 3.8) is 0 Å². The minimum absolute atomic E-state index is 0.363. The summed E-state index contributed by atoms with van der Waals surface area (Å²) >= 11 is 0. The molecule has 9 nitrogen and oxygen atoms in total. The van der Waals surface area contributed by atoms with E-state index in [0.717, 1.165) is 29.2 Å². The maximum absolute atomic E-state index is 6.10. The van der Waals surface area contributed by atoms with Crippen molar-refractivity contribution in [1.82, 2.24) is 24.9 Å². The zero-order valence-corrected chi connectivity index (χ0v) is 13.5. The van der Waals surface area contributed by atoms with Gasteiger partial charge in [-0.05, 0) is 31.5 Å². The van der Waals surface area contributed by atoms with Gasteiger partial charge in [0, 0.05) is 12.1 Å². The summed E-state index contributed by atoms with van der Waals surface area (Å²) in [6.07, 6.45) is 3.28. The number of nitrogen functional groups attached to an aromatic ring is 2. The van der Waals surface area contributed by atoms with Crippen molar-refractivity contribution in [1.29, 1.82) is 0 Å². The van der Waals surface area contributed by atoms with Gasteiger partial charge in [0.05, 0.1) is 10.8 Å². The Labute approximate surface area is 142 Å². The fourth-order valence-corrected chi connectivity index (χ4v) is 2.90. The van der Waals surface area contributed by atoms with Crippen LogP contribution in [0.4, 0.5) is 11.6 Å². The number of hydrogen-bond donors (Lipinski definition) is 3.